The Kier molecular flexibility index (Phi) is 4.56. The minimum atomic E-state index is -2.84. The van der Waals surface area contributed by atoms with Crippen molar-refractivity contribution in [1.29, 1.82) is 0 Å². The number of alkyl halides is 2. The molecule has 2 fully saturated rings. The third-order valence-electron chi connectivity index (χ3n) is 5.85. The number of anilines is 1. The molecule has 31 heavy (non-hydrogen) atoms. The second kappa shape index (κ2) is 7.17. The third kappa shape index (κ3) is 3.47. The molecule has 162 valence electrons. The number of nitrogens with one attached hydrogen (secondary N) is 1. The number of amides is 1. The molecule has 9 nitrogen and oxygen atoms in total. The molecule has 11 heteroatoms. The lowest BCUT2D eigenvalue weighted by Crippen LogP contribution is -2.34. The van der Waals surface area contributed by atoms with Crippen molar-refractivity contribution in [3.63, 3.8) is 0 Å². The van der Waals surface area contributed by atoms with E-state index in [1.165, 1.54) is 11.2 Å². The van der Waals surface area contributed by atoms with E-state index in [4.69, 9.17) is 4.98 Å². The Labute approximate surface area is 176 Å². The quantitative estimate of drug-likeness (QED) is 0.665. The number of rotatable bonds is 5. The highest BCUT2D eigenvalue weighted by molar-refractivity contribution is 5.87. The SMILES string of the molecule is CCn1c(-c2cnc(C)nc2)nc2c(NC3CCN(C(=O)C4CC4(F)F)C3)ncnc21. The molecular formula is C20H22F2N8O. The van der Waals surface area contributed by atoms with Crippen molar-refractivity contribution < 1.29 is 13.6 Å². The Morgan fingerprint density at radius 1 is 1.26 bits per heavy atom. The fraction of sp³-hybridized carbons (Fsp3) is 0.500. The molecule has 2 unspecified atom stereocenters. The molecule has 0 aromatic carbocycles. The highest BCUT2D eigenvalue weighted by atomic mass is 19.3. The minimum absolute atomic E-state index is 0.0904. The zero-order valence-electron chi connectivity index (χ0n) is 17.2. The molecule has 5 rings (SSSR count). The average Bonchev–Trinajstić information content (AvgIpc) is 3.10. The summed E-state index contributed by atoms with van der Waals surface area (Å²) >= 11 is 0. The summed E-state index contributed by atoms with van der Waals surface area (Å²) in [6, 6.07) is -0.0904. The van der Waals surface area contributed by atoms with Crippen LogP contribution < -0.4 is 5.32 Å². The maximum Gasteiger partial charge on any atom is 0.260 e. The summed E-state index contributed by atoms with van der Waals surface area (Å²) < 4.78 is 28.5. The first-order chi connectivity index (χ1) is 14.9. The predicted octanol–water partition coefficient (Wildman–Crippen LogP) is 2.28. The summed E-state index contributed by atoms with van der Waals surface area (Å²) in [6.45, 7) is 5.29. The molecule has 0 radical (unpaired) electrons. The Bertz CT molecular complexity index is 1150. The van der Waals surface area contributed by atoms with Crippen molar-refractivity contribution in [2.24, 2.45) is 5.92 Å². The lowest BCUT2D eigenvalue weighted by molar-refractivity contribution is -0.133. The van der Waals surface area contributed by atoms with Gasteiger partial charge < -0.3 is 14.8 Å². The van der Waals surface area contributed by atoms with Gasteiger partial charge in [-0.15, -0.1) is 0 Å². The van der Waals surface area contributed by atoms with Crippen LogP contribution in [0.3, 0.4) is 0 Å². The zero-order chi connectivity index (χ0) is 21.8. The number of likely N-dealkylation sites (tertiary alicyclic amines) is 1. The highest BCUT2D eigenvalue weighted by Crippen LogP contribution is 2.49. The molecule has 1 amide bonds. The number of carbonyl (C=O) groups is 1. The molecule has 2 atom stereocenters. The molecule has 2 aliphatic rings. The van der Waals surface area contributed by atoms with E-state index in [1.54, 1.807) is 12.4 Å². The molecule has 1 N–H and O–H groups in total. The summed E-state index contributed by atoms with van der Waals surface area (Å²) in [5, 5.41) is 3.33. The number of fused-ring (bicyclic) bond motifs is 1. The van der Waals surface area contributed by atoms with Gasteiger partial charge in [0.2, 0.25) is 5.91 Å². The van der Waals surface area contributed by atoms with Crippen LogP contribution in [0.4, 0.5) is 14.6 Å². The van der Waals surface area contributed by atoms with Crippen LogP contribution in [0.25, 0.3) is 22.6 Å². The van der Waals surface area contributed by atoms with Crippen molar-refractivity contribution in [2.75, 3.05) is 18.4 Å². The molecule has 0 spiro atoms. The monoisotopic (exact) mass is 428 g/mol. The second-order valence-electron chi connectivity index (χ2n) is 8.03. The topological polar surface area (TPSA) is 102 Å². The third-order valence-corrected chi connectivity index (χ3v) is 5.85. The Hall–Kier alpha value is -3.24. The van der Waals surface area contributed by atoms with Gasteiger partial charge in [-0.05, 0) is 20.3 Å². The number of aryl methyl sites for hydroxylation is 2. The summed E-state index contributed by atoms with van der Waals surface area (Å²) in [5.41, 5.74) is 2.07. The van der Waals surface area contributed by atoms with Crippen LogP contribution in [-0.4, -0.2) is 65.3 Å². The van der Waals surface area contributed by atoms with Gasteiger partial charge in [0.05, 0.1) is 5.56 Å². The summed E-state index contributed by atoms with van der Waals surface area (Å²) in [5.74, 6) is -2.53. The largest absolute Gasteiger partial charge is 0.364 e. The van der Waals surface area contributed by atoms with E-state index >= 15 is 0 Å². The van der Waals surface area contributed by atoms with Crippen molar-refractivity contribution in [3.05, 3.63) is 24.5 Å². The lowest BCUT2D eigenvalue weighted by atomic mass is 10.2. The minimum Gasteiger partial charge on any atom is -0.364 e. The number of hydrogen-bond acceptors (Lipinski definition) is 7. The van der Waals surface area contributed by atoms with Crippen LogP contribution in [0, 0.1) is 12.8 Å². The van der Waals surface area contributed by atoms with Gasteiger partial charge in [-0.2, -0.15) is 0 Å². The standard InChI is InChI=1S/C20H22F2N8O/c1-3-30-17(12-7-23-11(2)24-8-12)28-15-16(25-10-26-18(15)30)27-13-4-5-29(9-13)19(31)14-6-20(14,21)22/h7-8,10,13-14H,3-6,9H2,1-2H3,(H,25,26,27). The zero-order valence-corrected chi connectivity index (χ0v) is 17.2. The highest BCUT2D eigenvalue weighted by Gasteiger charge is 2.62. The van der Waals surface area contributed by atoms with Crippen molar-refractivity contribution in [3.8, 4) is 11.4 Å². The molecule has 0 bridgehead atoms. The first-order valence-corrected chi connectivity index (χ1v) is 10.3. The molecule has 1 saturated carbocycles. The number of aromatic nitrogens is 6. The second-order valence-corrected chi connectivity index (χ2v) is 8.03. The van der Waals surface area contributed by atoms with Crippen molar-refractivity contribution >= 4 is 22.9 Å². The van der Waals surface area contributed by atoms with Crippen LogP contribution in [0.2, 0.25) is 0 Å². The molecule has 1 aliphatic carbocycles. The van der Waals surface area contributed by atoms with Gasteiger partial charge in [-0.3, -0.25) is 4.79 Å². The molecule has 4 heterocycles. The van der Waals surface area contributed by atoms with Gasteiger partial charge >= 0.3 is 0 Å². The van der Waals surface area contributed by atoms with E-state index in [0.717, 1.165) is 5.56 Å². The Morgan fingerprint density at radius 2 is 2.00 bits per heavy atom. The first kappa shape index (κ1) is 19.7. The maximum absolute atomic E-state index is 13.3. The van der Waals surface area contributed by atoms with Gasteiger partial charge in [0.25, 0.3) is 5.92 Å². The summed E-state index contributed by atoms with van der Waals surface area (Å²) in [7, 11) is 0. The normalized spacial score (nSPS) is 22.1. The van der Waals surface area contributed by atoms with Gasteiger partial charge in [0, 0.05) is 44.5 Å². The maximum atomic E-state index is 13.3. The number of halogens is 2. The Morgan fingerprint density at radius 3 is 2.68 bits per heavy atom. The van der Waals surface area contributed by atoms with Crippen molar-refractivity contribution in [2.45, 2.75) is 45.2 Å². The molecule has 3 aromatic rings. The smallest absolute Gasteiger partial charge is 0.260 e. The van der Waals surface area contributed by atoms with E-state index in [2.05, 4.69) is 25.3 Å². The fourth-order valence-corrected chi connectivity index (χ4v) is 4.04. The first-order valence-electron chi connectivity index (χ1n) is 10.3. The van der Waals surface area contributed by atoms with Gasteiger partial charge in [0.1, 0.15) is 23.9 Å². The van der Waals surface area contributed by atoms with E-state index in [1.807, 2.05) is 18.4 Å². The molecule has 1 aliphatic heterocycles. The number of nitrogens with zero attached hydrogens (tertiary/aromatic N) is 7. The van der Waals surface area contributed by atoms with E-state index in [9.17, 15) is 13.6 Å². The molecule has 1 saturated heterocycles. The summed E-state index contributed by atoms with van der Waals surface area (Å²) in [6.07, 6.45) is 5.24. The predicted molar refractivity (Wildman–Crippen MR) is 108 cm³/mol. The Balaban J connectivity index is 1.39. The van der Waals surface area contributed by atoms with Crippen LogP contribution >= 0.6 is 0 Å². The van der Waals surface area contributed by atoms with Crippen LogP contribution in [-0.2, 0) is 11.3 Å². The summed E-state index contributed by atoms with van der Waals surface area (Å²) in [4.78, 5) is 35.8. The van der Waals surface area contributed by atoms with Crippen LogP contribution in [0.5, 0.6) is 0 Å². The van der Waals surface area contributed by atoms with E-state index in [0.29, 0.717) is 54.7 Å². The molecule has 3 aromatic heterocycles. The molecular weight excluding hydrogens is 406 g/mol. The van der Waals surface area contributed by atoms with Crippen LogP contribution in [0.1, 0.15) is 25.6 Å². The fourth-order valence-electron chi connectivity index (χ4n) is 4.04. The number of carbonyl (C=O) groups excluding carboxylic acids is 1. The average molecular weight is 428 g/mol. The van der Waals surface area contributed by atoms with Crippen LogP contribution in [0.15, 0.2) is 18.7 Å². The van der Waals surface area contributed by atoms with E-state index < -0.39 is 17.7 Å². The van der Waals surface area contributed by atoms with Gasteiger partial charge in [-0.25, -0.2) is 33.7 Å². The number of imidazole rings is 1. The van der Waals surface area contributed by atoms with Gasteiger partial charge in [-0.1, -0.05) is 0 Å². The van der Waals surface area contributed by atoms with Crippen molar-refractivity contribution in [1.82, 2.24) is 34.4 Å². The lowest BCUT2D eigenvalue weighted by Gasteiger charge is -2.17. The number of hydrogen-bond donors (Lipinski definition) is 1. The van der Waals surface area contributed by atoms with E-state index in [-0.39, 0.29) is 12.5 Å². The van der Waals surface area contributed by atoms with Gasteiger partial charge in [0.15, 0.2) is 17.0 Å².